The molecule has 0 spiro atoms. The highest BCUT2D eigenvalue weighted by molar-refractivity contribution is 5.69. The highest BCUT2D eigenvalue weighted by Crippen LogP contribution is 2.09. The molecule has 0 fully saturated rings. The highest BCUT2D eigenvalue weighted by atomic mass is 16.6. The second-order valence-corrected chi connectivity index (χ2v) is 5.99. The number of carbonyl (C=O) groups is 2. The predicted octanol–water partition coefficient (Wildman–Crippen LogP) is 4.19. The lowest BCUT2D eigenvalue weighted by Crippen LogP contribution is -2.14. The second kappa shape index (κ2) is 15.8. The van der Waals surface area contributed by atoms with Crippen LogP contribution in [-0.2, 0) is 19.1 Å². The number of aliphatic carboxylic acids is 1. The fourth-order valence-electron chi connectivity index (χ4n) is 2.31. The molecule has 0 aromatic carbocycles. The standard InChI is InChI=1S/C18H34O5/c1-3-16(4-2)15-22-13-14-23-18(21)12-10-8-6-5-7-9-11-17(19)20/h16H,3-15H2,1-2H3,(H,19,20). The van der Waals surface area contributed by atoms with Gasteiger partial charge in [-0.05, 0) is 18.8 Å². The molecule has 0 aliphatic heterocycles. The molecule has 0 aromatic heterocycles. The van der Waals surface area contributed by atoms with Crippen LogP contribution < -0.4 is 0 Å². The van der Waals surface area contributed by atoms with Gasteiger partial charge in [0, 0.05) is 19.4 Å². The molecule has 0 aliphatic carbocycles. The lowest BCUT2D eigenvalue weighted by Gasteiger charge is -2.12. The molecule has 23 heavy (non-hydrogen) atoms. The van der Waals surface area contributed by atoms with E-state index >= 15 is 0 Å². The molecule has 136 valence electrons. The van der Waals surface area contributed by atoms with Crippen molar-refractivity contribution >= 4 is 11.9 Å². The van der Waals surface area contributed by atoms with Crippen LogP contribution in [-0.4, -0.2) is 36.9 Å². The van der Waals surface area contributed by atoms with Gasteiger partial charge in [0.1, 0.15) is 6.61 Å². The Hall–Kier alpha value is -1.10. The van der Waals surface area contributed by atoms with Crippen LogP contribution in [0.3, 0.4) is 0 Å². The summed E-state index contributed by atoms with van der Waals surface area (Å²) in [6, 6.07) is 0. The molecular formula is C18H34O5. The normalized spacial score (nSPS) is 10.9. The minimum absolute atomic E-state index is 0.151. The number of carbonyl (C=O) groups excluding carboxylic acids is 1. The van der Waals surface area contributed by atoms with Gasteiger partial charge in [-0.15, -0.1) is 0 Å². The number of esters is 1. The van der Waals surface area contributed by atoms with Crippen LogP contribution in [0.25, 0.3) is 0 Å². The minimum Gasteiger partial charge on any atom is -0.481 e. The zero-order valence-electron chi connectivity index (χ0n) is 14.8. The summed E-state index contributed by atoms with van der Waals surface area (Å²) in [4.78, 5) is 21.9. The van der Waals surface area contributed by atoms with Gasteiger partial charge in [0.2, 0.25) is 0 Å². The maximum Gasteiger partial charge on any atom is 0.305 e. The van der Waals surface area contributed by atoms with Gasteiger partial charge in [-0.1, -0.05) is 52.4 Å². The summed E-state index contributed by atoms with van der Waals surface area (Å²) < 4.78 is 10.6. The molecule has 5 heteroatoms. The first-order chi connectivity index (χ1) is 11.1. The smallest absolute Gasteiger partial charge is 0.305 e. The number of ether oxygens (including phenoxy) is 2. The van der Waals surface area contributed by atoms with Gasteiger partial charge in [-0.25, -0.2) is 0 Å². The summed E-state index contributed by atoms with van der Waals surface area (Å²) >= 11 is 0. The Balaban J connectivity index is 3.29. The molecule has 0 aromatic rings. The third-order valence-corrected chi connectivity index (χ3v) is 4.02. The Morgan fingerprint density at radius 3 is 2.00 bits per heavy atom. The Labute approximate surface area is 140 Å². The van der Waals surface area contributed by atoms with Gasteiger partial charge < -0.3 is 14.6 Å². The predicted molar refractivity (Wildman–Crippen MR) is 90.4 cm³/mol. The number of hydrogen-bond donors (Lipinski definition) is 1. The Bertz CT molecular complexity index is 300. The van der Waals surface area contributed by atoms with Crippen molar-refractivity contribution in [2.75, 3.05) is 19.8 Å². The molecule has 5 nitrogen and oxygen atoms in total. The van der Waals surface area contributed by atoms with Gasteiger partial charge in [0.15, 0.2) is 0 Å². The molecule has 0 rings (SSSR count). The van der Waals surface area contributed by atoms with E-state index in [1.165, 1.54) is 0 Å². The van der Waals surface area contributed by atoms with Gasteiger partial charge >= 0.3 is 11.9 Å². The topological polar surface area (TPSA) is 72.8 Å². The molecule has 0 saturated heterocycles. The SMILES string of the molecule is CCC(CC)COCCOC(=O)CCCCCCCCC(=O)O. The molecule has 0 amide bonds. The van der Waals surface area contributed by atoms with Crippen molar-refractivity contribution in [1.82, 2.24) is 0 Å². The van der Waals surface area contributed by atoms with Crippen molar-refractivity contribution in [2.24, 2.45) is 5.92 Å². The van der Waals surface area contributed by atoms with Crippen molar-refractivity contribution in [3.8, 4) is 0 Å². The molecule has 1 N–H and O–H groups in total. The lowest BCUT2D eigenvalue weighted by atomic mass is 10.1. The van der Waals surface area contributed by atoms with Gasteiger partial charge in [0.05, 0.1) is 6.61 Å². The maximum atomic E-state index is 11.5. The van der Waals surface area contributed by atoms with Crippen LogP contribution in [0.4, 0.5) is 0 Å². The fraction of sp³-hybridized carbons (Fsp3) is 0.889. The number of hydrogen-bond acceptors (Lipinski definition) is 4. The first-order valence-corrected chi connectivity index (χ1v) is 9.05. The molecule has 0 saturated carbocycles. The van der Waals surface area contributed by atoms with Crippen molar-refractivity contribution in [3.63, 3.8) is 0 Å². The van der Waals surface area contributed by atoms with Gasteiger partial charge in [0.25, 0.3) is 0 Å². The third-order valence-electron chi connectivity index (χ3n) is 4.02. The van der Waals surface area contributed by atoms with Gasteiger partial charge in [-0.2, -0.15) is 0 Å². The molecule has 0 bridgehead atoms. The number of unbranched alkanes of at least 4 members (excludes halogenated alkanes) is 5. The van der Waals surface area contributed by atoms with Crippen molar-refractivity contribution in [3.05, 3.63) is 0 Å². The zero-order chi connectivity index (χ0) is 17.3. The van der Waals surface area contributed by atoms with E-state index in [4.69, 9.17) is 14.6 Å². The van der Waals surface area contributed by atoms with Crippen LogP contribution in [0.1, 0.15) is 78.1 Å². The van der Waals surface area contributed by atoms with Crippen molar-refractivity contribution in [1.29, 1.82) is 0 Å². The van der Waals surface area contributed by atoms with E-state index in [2.05, 4.69) is 13.8 Å². The van der Waals surface area contributed by atoms with Gasteiger partial charge in [-0.3, -0.25) is 9.59 Å². The average Bonchev–Trinajstić information content (AvgIpc) is 2.53. The van der Waals surface area contributed by atoms with Crippen LogP contribution >= 0.6 is 0 Å². The summed E-state index contributed by atoms with van der Waals surface area (Å²) in [6.07, 6.45) is 8.56. The number of carboxylic acids is 1. The Kier molecular flexibility index (Phi) is 15.0. The molecule has 0 heterocycles. The molecule has 0 atom stereocenters. The third kappa shape index (κ3) is 15.6. The molecule has 0 aliphatic rings. The largest absolute Gasteiger partial charge is 0.481 e. The van der Waals surface area contributed by atoms with E-state index in [1.54, 1.807) is 0 Å². The van der Waals surface area contributed by atoms with Crippen LogP contribution in [0.15, 0.2) is 0 Å². The summed E-state index contributed by atoms with van der Waals surface area (Å²) in [5.41, 5.74) is 0. The molecule has 0 radical (unpaired) electrons. The highest BCUT2D eigenvalue weighted by Gasteiger charge is 2.05. The van der Waals surface area contributed by atoms with Crippen molar-refractivity contribution < 1.29 is 24.2 Å². The fourth-order valence-corrected chi connectivity index (χ4v) is 2.31. The van der Waals surface area contributed by atoms with Crippen LogP contribution in [0, 0.1) is 5.92 Å². The molecule has 0 unspecified atom stereocenters. The zero-order valence-corrected chi connectivity index (χ0v) is 14.8. The lowest BCUT2D eigenvalue weighted by molar-refractivity contribution is -0.145. The van der Waals surface area contributed by atoms with E-state index in [0.29, 0.717) is 25.6 Å². The average molecular weight is 330 g/mol. The second-order valence-electron chi connectivity index (χ2n) is 5.99. The summed E-state index contributed by atoms with van der Waals surface area (Å²) in [6.45, 7) is 5.87. The molecular weight excluding hydrogens is 296 g/mol. The van der Waals surface area contributed by atoms with E-state index in [9.17, 15) is 9.59 Å². The quantitative estimate of drug-likeness (QED) is 0.339. The van der Waals surface area contributed by atoms with E-state index in [0.717, 1.165) is 58.0 Å². The minimum atomic E-state index is -0.725. The van der Waals surface area contributed by atoms with Crippen LogP contribution in [0.2, 0.25) is 0 Å². The Morgan fingerprint density at radius 1 is 0.870 bits per heavy atom. The Morgan fingerprint density at radius 2 is 1.43 bits per heavy atom. The maximum absolute atomic E-state index is 11.5. The van der Waals surface area contributed by atoms with E-state index in [1.807, 2.05) is 0 Å². The number of rotatable bonds is 16. The summed E-state index contributed by atoms with van der Waals surface area (Å²) in [5, 5.41) is 8.51. The number of carboxylic acid groups (broad SMARTS) is 1. The van der Waals surface area contributed by atoms with E-state index in [-0.39, 0.29) is 12.4 Å². The summed E-state index contributed by atoms with van der Waals surface area (Å²) in [7, 11) is 0. The van der Waals surface area contributed by atoms with Crippen LogP contribution in [0.5, 0.6) is 0 Å². The monoisotopic (exact) mass is 330 g/mol. The summed E-state index contributed by atoms with van der Waals surface area (Å²) in [5.74, 6) is -0.278. The van der Waals surface area contributed by atoms with E-state index < -0.39 is 5.97 Å². The first kappa shape index (κ1) is 21.9. The van der Waals surface area contributed by atoms with Crippen molar-refractivity contribution in [2.45, 2.75) is 78.1 Å². The first-order valence-electron chi connectivity index (χ1n) is 9.05.